The Morgan fingerprint density at radius 3 is 2.52 bits per heavy atom. The molecule has 0 aliphatic heterocycles. The fourth-order valence-electron chi connectivity index (χ4n) is 2.96. The number of nitrogens with zero attached hydrogens (tertiary/aromatic N) is 2. The maximum Gasteiger partial charge on any atom is 0.269 e. The van der Waals surface area contributed by atoms with Gasteiger partial charge in [-0.2, -0.15) is 5.10 Å². The van der Waals surface area contributed by atoms with Gasteiger partial charge in [0.25, 0.3) is 5.69 Å². The van der Waals surface area contributed by atoms with E-state index in [4.69, 9.17) is 9.47 Å². The van der Waals surface area contributed by atoms with Crippen LogP contribution in [0.5, 0.6) is 11.5 Å². The lowest BCUT2D eigenvalue weighted by atomic mass is 10.1. The Hall–Kier alpha value is -3.72. The first kappa shape index (κ1) is 23.9. The molecule has 170 valence electrons. The highest BCUT2D eigenvalue weighted by atomic mass is 79.9. The van der Waals surface area contributed by atoms with Gasteiger partial charge in [-0.25, -0.2) is 5.43 Å². The van der Waals surface area contributed by atoms with Crippen LogP contribution in [0.15, 0.2) is 76.3 Å². The Labute approximate surface area is 199 Å². The summed E-state index contributed by atoms with van der Waals surface area (Å²) in [7, 11) is 1.52. The molecule has 9 heteroatoms. The lowest BCUT2D eigenvalue weighted by Crippen LogP contribution is -2.17. The number of hydrogen-bond donors (Lipinski definition) is 1. The standard InChI is InChI=1S/C24H22BrN3O5/c1-32-22-14-19(15-26-27-23(29)12-9-17-5-3-2-4-6-17)13-21(25)24(22)33-16-18-7-10-20(11-8-18)28(30)31/h2-8,10-11,13-15H,9,12,16H2,1H3,(H,27,29)/b26-15-. The Balaban J connectivity index is 1.58. The summed E-state index contributed by atoms with van der Waals surface area (Å²) < 4.78 is 11.9. The SMILES string of the molecule is COc1cc(/C=N\NC(=O)CCc2ccccc2)cc(Br)c1OCc1ccc([N+](=O)[O-])cc1. The fourth-order valence-corrected chi connectivity index (χ4v) is 3.54. The van der Waals surface area contributed by atoms with E-state index in [9.17, 15) is 14.9 Å². The minimum atomic E-state index is -0.448. The number of carbonyl (C=O) groups is 1. The second-order valence-corrected chi connectivity index (χ2v) is 7.88. The Bertz CT molecular complexity index is 1130. The van der Waals surface area contributed by atoms with Gasteiger partial charge in [0, 0.05) is 18.6 Å². The zero-order chi connectivity index (χ0) is 23.6. The number of halogens is 1. The van der Waals surface area contributed by atoms with Crippen LogP contribution in [0.2, 0.25) is 0 Å². The van der Waals surface area contributed by atoms with Gasteiger partial charge in [0.15, 0.2) is 11.5 Å². The molecular weight excluding hydrogens is 490 g/mol. The summed E-state index contributed by atoms with van der Waals surface area (Å²) in [6, 6.07) is 19.4. The molecule has 0 aromatic heterocycles. The minimum absolute atomic E-state index is 0.0216. The number of nitro benzene ring substituents is 1. The van der Waals surface area contributed by atoms with E-state index in [0.717, 1.165) is 11.1 Å². The van der Waals surface area contributed by atoms with Crippen LogP contribution < -0.4 is 14.9 Å². The molecule has 0 radical (unpaired) electrons. The number of hydrogen-bond acceptors (Lipinski definition) is 6. The summed E-state index contributed by atoms with van der Waals surface area (Å²) in [5.41, 5.74) is 5.12. The average molecular weight is 512 g/mol. The first-order valence-electron chi connectivity index (χ1n) is 10.1. The van der Waals surface area contributed by atoms with Crippen molar-refractivity contribution in [3.05, 3.63) is 98.0 Å². The van der Waals surface area contributed by atoms with Crippen LogP contribution in [0, 0.1) is 10.1 Å². The molecule has 0 unspecified atom stereocenters. The Morgan fingerprint density at radius 1 is 1.12 bits per heavy atom. The maximum atomic E-state index is 12.0. The van der Waals surface area contributed by atoms with Gasteiger partial charge in [0.2, 0.25) is 5.91 Å². The molecule has 1 amide bonds. The van der Waals surface area contributed by atoms with Gasteiger partial charge >= 0.3 is 0 Å². The van der Waals surface area contributed by atoms with Crippen LogP contribution in [0.1, 0.15) is 23.1 Å². The van der Waals surface area contributed by atoms with E-state index in [1.54, 1.807) is 24.3 Å². The highest BCUT2D eigenvalue weighted by Crippen LogP contribution is 2.37. The number of hydrazone groups is 1. The molecule has 0 fully saturated rings. The zero-order valence-electron chi connectivity index (χ0n) is 17.9. The number of benzene rings is 3. The Morgan fingerprint density at radius 2 is 1.85 bits per heavy atom. The molecule has 0 aliphatic rings. The summed E-state index contributed by atoms with van der Waals surface area (Å²) in [5.74, 6) is 0.784. The summed E-state index contributed by atoms with van der Waals surface area (Å²) in [6.07, 6.45) is 2.50. The quantitative estimate of drug-likeness (QED) is 0.233. The first-order chi connectivity index (χ1) is 16.0. The van der Waals surface area contributed by atoms with Crippen molar-refractivity contribution in [2.75, 3.05) is 7.11 Å². The zero-order valence-corrected chi connectivity index (χ0v) is 19.4. The van der Waals surface area contributed by atoms with Crippen LogP contribution in [0.4, 0.5) is 5.69 Å². The van der Waals surface area contributed by atoms with Gasteiger partial charge in [0.05, 0.1) is 22.7 Å². The molecule has 0 saturated carbocycles. The summed E-state index contributed by atoms with van der Waals surface area (Å²) >= 11 is 3.47. The van der Waals surface area contributed by atoms with Crippen LogP contribution in [0.3, 0.4) is 0 Å². The molecule has 0 atom stereocenters. The molecule has 8 nitrogen and oxygen atoms in total. The van der Waals surface area contributed by atoms with Gasteiger partial charge in [-0.3, -0.25) is 14.9 Å². The molecule has 3 aromatic carbocycles. The van der Waals surface area contributed by atoms with Crippen molar-refractivity contribution in [3.63, 3.8) is 0 Å². The van der Waals surface area contributed by atoms with Crippen LogP contribution in [-0.4, -0.2) is 24.2 Å². The maximum absolute atomic E-state index is 12.0. The first-order valence-corrected chi connectivity index (χ1v) is 10.8. The Kier molecular flexibility index (Phi) is 8.54. The molecule has 33 heavy (non-hydrogen) atoms. The van der Waals surface area contributed by atoms with Gasteiger partial charge in [0.1, 0.15) is 6.61 Å². The molecule has 0 saturated heterocycles. The monoisotopic (exact) mass is 511 g/mol. The predicted molar refractivity (Wildman–Crippen MR) is 129 cm³/mol. The van der Waals surface area contributed by atoms with Crippen molar-refractivity contribution in [2.45, 2.75) is 19.4 Å². The second-order valence-electron chi connectivity index (χ2n) is 7.03. The third kappa shape index (κ3) is 7.15. The van der Waals surface area contributed by atoms with Gasteiger partial charge in [-0.05, 0) is 63.3 Å². The molecule has 0 bridgehead atoms. The molecule has 0 spiro atoms. The molecular formula is C24H22BrN3O5. The third-order valence-corrected chi connectivity index (χ3v) is 5.26. The van der Waals surface area contributed by atoms with Crippen LogP contribution >= 0.6 is 15.9 Å². The largest absolute Gasteiger partial charge is 0.493 e. The number of methoxy groups -OCH3 is 1. The molecule has 0 heterocycles. The van der Waals surface area contributed by atoms with Crippen LogP contribution in [0.25, 0.3) is 0 Å². The van der Waals surface area contributed by atoms with E-state index >= 15 is 0 Å². The average Bonchev–Trinajstić information content (AvgIpc) is 2.82. The van der Waals surface area contributed by atoms with Crippen molar-refractivity contribution in [1.29, 1.82) is 0 Å². The number of nitro groups is 1. The lowest BCUT2D eigenvalue weighted by Gasteiger charge is -2.13. The molecule has 3 aromatic rings. The van der Waals surface area contributed by atoms with Gasteiger partial charge < -0.3 is 9.47 Å². The normalized spacial score (nSPS) is 10.7. The summed E-state index contributed by atoms with van der Waals surface area (Å²) in [6.45, 7) is 0.206. The predicted octanol–water partition coefficient (Wildman–Crippen LogP) is 5.03. The summed E-state index contributed by atoms with van der Waals surface area (Å²) in [5, 5.41) is 14.8. The van der Waals surface area contributed by atoms with E-state index in [0.29, 0.717) is 34.4 Å². The van der Waals surface area contributed by atoms with E-state index in [1.165, 1.54) is 25.5 Å². The number of nitrogens with one attached hydrogen (secondary N) is 1. The van der Waals surface area contributed by atoms with Crippen molar-refractivity contribution in [2.24, 2.45) is 5.10 Å². The second kappa shape index (κ2) is 11.8. The number of carbonyl (C=O) groups excluding carboxylic acids is 1. The van der Waals surface area contributed by atoms with Crippen molar-refractivity contribution >= 4 is 33.7 Å². The van der Waals surface area contributed by atoms with Crippen molar-refractivity contribution in [3.8, 4) is 11.5 Å². The highest BCUT2D eigenvalue weighted by Gasteiger charge is 2.12. The smallest absolute Gasteiger partial charge is 0.269 e. The topological polar surface area (TPSA) is 103 Å². The van der Waals surface area contributed by atoms with E-state index in [1.807, 2.05) is 30.3 Å². The number of non-ortho nitro benzene ring substituents is 1. The molecule has 3 rings (SSSR count). The van der Waals surface area contributed by atoms with Crippen molar-refractivity contribution < 1.29 is 19.2 Å². The molecule has 1 N–H and O–H groups in total. The number of ether oxygens (including phenoxy) is 2. The third-order valence-electron chi connectivity index (χ3n) is 4.67. The van der Waals surface area contributed by atoms with E-state index in [-0.39, 0.29) is 18.2 Å². The van der Waals surface area contributed by atoms with E-state index in [2.05, 4.69) is 26.5 Å². The van der Waals surface area contributed by atoms with Gasteiger partial charge in [-0.15, -0.1) is 0 Å². The summed E-state index contributed by atoms with van der Waals surface area (Å²) in [4.78, 5) is 22.3. The van der Waals surface area contributed by atoms with Gasteiger partial charge in [-0.1, -0.05) is 30.3 Å². The highest BCUT2D eigenvalue weighted by molar-refractivity contribution is 9.10. The van der Waals surface area contributed by atoms with Crippen molar-refractivity contribution in [1.82, 2.24) is 5.43 Å². The lowest BCUT2D eigenvalue weighted by molar-refractivity contribution is -0.384. The number of aryl methyl sites for hydroxylation is 1. The number of amides is 1. The van der Waals surface area contributed by atoms with E-state index < -0.39 is 4.92 Å². The minimum Gasteiger partial charge on any atom is -0.493 e. The fraction of sp³-hybridized carbons (Fsp3) is 0.167. The van der Waals surface area contributed by atoms with Crippen LogP contribution in [-0.2, 0) is 17.8 Å². The molecule has 0 aliphatic carbocycles. The number of rotatable bonds is 10.